The van der Waals surface area contributed by atoms with Crippen LogP contribution in [0.2, 0.25) is 0 Å². The van der Waals surface area contributed by atoms with E-state index in [1.54, 1.807) is 25.3 Å². The summed E-state index contributed by atoms with van der Waals surface area (Å²) in [4.78, 5) is 2.94. The first-order valence-electron chi connectivity index (χ1n) is 6.99. The second-order valence-corrected chi connectivity index (χ2v) is 7.94. The van der Waals surface area contributed by atoms with E-state index in [4.69, 9.17) is 4.74 Å². The predicted octanol–water partition coefficient (Wildman–Crippen LogP) is 2.91. The number of hydrazine groups is 1. The zero-order chi connectivity index (χ0) is 15.6. The van der Waals surface area contributed by atoms with Crippen LogP contribution in [0, 0.1) is 0 Å². The lowest BCUT2D eigenvalue weighted by atomic mass is 10.0. The van der Waals surface area contributed by atoms with Crippen LogP contribution < -0.4 is 9.57 Å². The van der Waals surface area contributed by atoms with Crippen LogP contribution in [0.4, 0.5) is 0 Å². The SMILES string of the molecule is COc1ccc(S(=O)(=O)NN2C(C)CCCC2C)cc1Br. The molecule has 2 atom stereocenters. The molecule has 1 heterocycles. The first-order valence-corrected chi connectivity index (χ1v) is 9.27. The molecule has 7 heteroatoms. The molecule has 0 saturated carbocycles. The molecule has 0 aromatic heterocycles. The van der Waals surface area contributed by atoms with Gasteiger partial charge in [0.2, 0.25) is 0 Å². The maximum absolute atomic E-state index is 12.5. The van der Waals surface area contributed by atoms with E-state index in [2.05, 4.69) is 20.8 Å². The maximum Gasteiger partial charge on any atom is 0.253 e. The van der Waals surface area contributed by atoms with Gasteiger partial charge in [0.25, 0.3) is 10.0 Å². The molecule has 1 N–H and O–H groups in total. The maximum atomic E-state index is 12.5. The molecule has 1 aromatic rings. The number of sulfonamides is 1. The Labute approximate surface area is 134 Å². The molecule has 0 spiro atoms. The monoisotopic (exact) mass is 376 g/mol. The Hall–Kier alpha value is -0.630. The number of nitrogens with one attached hydrogen (secondary N) is 1. The standard InChI is InChI=1S/C14H21BrN2O3S/c1-10-5-4-6-11(2)17(10)16-21(18,19)12-7-8-14(20-3)13(15)9-12/h7-11,16H,4-6H2,1-3H3. The molecule has 1 aliphatic heterocycles. The van der Waals surface area contributed by atoms with Gasteiger partial charge in [0.05, 0.1) is 16.5 Å². The van der Waals surface area contributed by atoms with Gasteiger partial charge in [-0.1, -0.05) is 6.42 Å². The molecule has 118 valence electrons. The minimum absolute atomic E-state index is 0.199. The number of halogens is 1. The van der Waals surface area contributed by atoms with Gasteiger partial charge in [-0.05, 0) is 60.8 Å². The van der Waals surface area contributed by atoms with Gasteiger partial charge in [-0.15, -0.1) is 4.83 Å². The number of methoxy groups -OCH3 is 1. The molecule has 1 aromatic carbocycles. The Bertz CT molecular complexity index is 596. The molecular weight excluding hydrogens is 356 g/mol. The summed E-state index contributed by atoms with van der Waals surface area (Å²) >= 11 is 3.32. The third-order valence-electron chi connectivity index (χ3n) is 3.85. The topological polar surface area (TPSA) is 58.6 Å². The van der Waals surface area contributed by atoms with E-state index < -0.39 is 10.0 Å². The number of piperidine rings is 1. The normalized spacial score (nSPS) is 24.0. The fourth-order valence-corrected chi connectivity index (χ4v) is 4.56. The molecule has 0 aliphatic carbocycles. The average molecular weight is 377 g/mol. The van der Waals surface area contributed by atoms with Crippen molar-refractivity contribution in [1.82, 2.24) is 9.84 Å². The Kier molecular flexibility index (Phi) is 5.29. The van der Waals surface area contributed by atoms with Crippen LogP contribution in [0.1, 0.15) is 33.1 Å². The number of rotatable bonds is 4. The van der Waals surface area contributed by atoms with Crippen LogP contribution in [0.25, 0.3) is 0 Å². The summed E-state index contributed by atoms with van der Waals surface area (Å²) in [6.45, 7) is 4.09. The van der Waals surface area contributed by atoms with Crippen LogP contribution in [0.15, 0.2) is 27.6 Å². The van der Waals surface area contributed by atoms with Crippen LogP contribution in [0.3, 0.4) is 0 Å². The van der Waals surface area contributed by atoms with Gasteiger partial charge in [-0.2, -0.15) is 0 Å². The van der Waals surface area contributed by atoms with E-state index in [0.29, 0.717) is 10.2 Å². The van der Waals surface area contributed by atoms with Gasteiger partial charge in [0, 0.05) is 12.1 Å². The van der Waals surface area contributed by atoms with Gasteiger partial charge < -0.3 is 4.74 Å². The van der Waals surface area contributed by atoms with Crippen molar-refractivity contribution in [3.8, 4) is 5.75 Å². The molecule has 5 nitrogen and oxygen atoms in total. The molecule has 21 heavy (non-hydrogen) atoms. The second kappa shape index (κ2) is 6.64. The van der Waals surface area contributed by atoms with Gasteiger partial charge >= 0.3 is 0 Å². The Morgan fingerprint density at radius 2 is 1.90 bits per heavy atom. The molecule has 0 amide bonds. The van der Waals surface area contributed by atoms with Gasteiger partial charge in [-0.3, -0.25) is 0 Å². The fourth-order valence-electron chi connectivity index (χ4n) is 2.61. The van der Waals surface area contributed by atoms with Crippen molar-refractivity contribution in [1.29, 1.82) is 0 Å². The van der Waals surface area contributed by atoms with E-state index in [9.17, 15) is 8.42 Å². The summed E-state index contributed by atoms with van der Waals surface area (Å²) in [6, 6.07) is 5.14. The summed E-state index contributed by atoms with van der Waals surface area (Å²) in [5, 5.41) is 1.84. The van der Waals surface area contributed by atoms with E-state index >= 15 is 0 Å². The van der Waals surface area contributed by atoms with Crippen molar-refractivity contribution in [2.45, 2.75) is 50.1 Å². The lowest BCUT2D eigenvalue weighted by Gasteiger charge is -2.38. The highest BCUT2D eigenvalue weighted by atomic mass is 79.9. The number of nitrogens with zero attached hydrogens (tertiary/aromatic N) is 1. The van der Waals surface area contributed by atoms with Crippen LogP contribution >= 0.6 is 15.9 Å². The number of benzene rings is 1. The summed E-state index contributed by atoms with van der Waals surface area (Å²) in [5.41, 5.74) is 0. The van der Waals surface area contributed by atoms with Crippen molar-refractivity contribution < 1.29 is 13.2 Å². The van der Waals surface area contributed by atoms with Crippen molar-refractivity contribution in [3.05, 3.63) is 22.7 Å². The highest BCUT2D eigenvalue weighted by molar-refractivity contribution is 9.10. The van der Waals surface area contributed by atoms with Crippen LogP contribution in [-0.4, -0.2) is 32.6 Å². The molecule has 0 radical (unpaired) electrons. The zero-order valence-corrected chi connectivity index (χ0v) is 14.9. The zero-order valence-electron chi connectivity index (χ0n) is 12.5. The van der Waals surface area contributed by atoms with Crippen LogP contribution in [-0.2, 0) is 10.0 Å². The first-order chi connectivity index (χ1) is 9.85. The van der Waals surface area contributed by atoms with Crippen molar-refractivity contribution in [2.75, 3.05) is 7.11 Å². The van der Waals surface area contributed by atoms with E-state index in [1.165, 1.54) is 0 Å². The number of ether oxygens (including phenoxy) is 1. The molecule has 2 rings (SSSR count). The van der Waals surface area contributed by atoms with Gasteiger partial charge in [0.1, 0.15) is 5.75 Å². The minimum Gasteiger partial charge on any atom is -0.496 e. The van der Waals surface area contributed by atoms with Crippen LogP contribution in [0.5, 0.6) is 5.75 Å². The third-order valence-corrected chi connectivity index (χ3v) is 5.80. The van der Waals surface area contributed by atoms with Crippen molar-refractivity contribution in [3.63, 3.8) is 0 Å². The quantitative estimate of drug-likeness (QED) is 0.877. The lowest BCUT2D eigenvalue weighted by molar-refractivity contribution is 0.0790. The van der Waals surface area contributed by atoms with Crippen molar-refractivity contribution >= 4 is 26.0 Å². The third kappa shape index (κ3) is 3.77. The summed E-state index contributed by atoms with van der Waals surface area (Å²) < 4.78 is 30.8. The molecule has 0 bridgehead atoms. The summed E-state index contributed by atoms with van der Waals surface area (Å²) in [7, 11) is -2.04. The largest absolute Gasteiger partial charge is 0.496 e. The fraction of sp³-hybridized carbons (Fsp3) is 0.571. The summed E-state index contributed by atoms with van der Waals surface area (Å²) in [6.07, 6.45) is 3.13. The Balaban J connectivity index is 2.23. The van der Waals surface area contributed by atoms with Gasteiger partial charge in [-0.25, -0.2) is 13.4 Å². The highest BCUT2D eigenvalue weighted by Gasteiger charge is 2.29. The smallest absolute Gasteiger partial charge is 0.253 e. The number of hydrogen-bond donors (Lipinski definition) is 1. The first kappa shape index (κ1) is 16.7. The molecule has 1 aliphatic rings. The molecule has 2 unspecified atom stereocenters. The van der Waals surface area contributed by atoms with E-state index in [0.717, 1.165) is 19.3 Å². The van der Waals surface area contributed by atoms with E-state index in [1.807, 2.05) is 18.9 Å². The van der Waals surface area contributed by atoms with Gasteiger partial charge in [0.15, 0.2) is 0 Å². The molecule has 1 fully saturated rings. The number of hydrogen-bond acceptors (Lipinski definition) is 4. The molecule has 1 saturated heterocycles. The van der Waals surface area contributed by atoms with Crippen molar-refractivity contribution in [2.24, 2.45) is 0 Å². The second-order valence-electron chi connectivity index (χ2n) is 5.43. The van der Waals surface area contributed by atoms with E-state index in [-0.39, 0.29) is 17.0 Å². The minimum atomic E-state index is -3.58. The predicted molar refractivity (Wildman–Crippen MR) is 85.6 cm³/mol. The summed E-state index contributed by atoms with van der Waals surface area (Å²) in [5.74, 6) is 0.605. The lowest BCUT2D eigenvalue weighted by Crippen LogP contribution is -2.53. The highest BCUT2D eigenvalue weighted by Crippen LogP contribution is 2.28. The Morgan fingerprint density at radius 1 is 1.29 bits per heavy atom. The molecular formula is C14H21BrN2O3S. The Morgan fingerprint density at radius 3 is 2.43 bits per heavy atom. The average Bonchev–Trinajstić information content (AvgIpc) is 2.43.